The molecule has 0 saturated heterocycles. The number of ketones is 2. The van der Waals surface area contributed by atoms with E-state index in [2.05, 4.69) is 26.5 Å². The summed E-state index contributed by atoms with van der Waals surface area (Å²) in [4.78, 5) is 26.8. The Bertz CT molecular complexity index is 932. The normalized spacial score (nSPS) is 22.0. The highest BCUT2D eigenvalue weighted by Crippen LogP contribution is 2.35. The van der Waals surface area contributed by atoms with Crippen LogP contribution in [0, 0.1) is 0 Å². The van der Waals surface area contributed by atoms with Gasteiger partial charge in [-0.05, 0) is 37.0 Å². The highest BCUT2D eigenvalue weighted by Gasteiger charge is 2.54. The molecule has 4 rings (SSSR count). The Hall–Kier alpha value is -2.53. The molecule has 1 atom stereocenters. The molecule has 1 aliphatic carbocycles. The Balaban J connectivity index is 1.78. The standard InChI is InChI=1S/C21H17BrN2O2/c22-17-12-10-14(11-13-17)18-20(26)21(24-23-18,16-8-4-5-9-16)19(25)15-6-2-1-3-7-15/h1-3,6-8,10-13,24H,4-5,9H2. The minimum atomic E-state index is -1.42. The zero-order chi connectivity index (χ0) is 18.1. The summed E-state index contributed by atoms with van der Waals surface area (Å²) in [7, 11) is 0. The van der Waals surface area contributed by atoms with Crippen LogP contribution in [0.15, 0.2) is 75.8 Å². The molecular formula is C21H17BrN2O2. The van der Waals surface area contributed by atoms with E-state index in [4.69, 9.17) is 0 Å². The molecule has 0 aromatic heterocycles. The van der Waals surface area contributed by atoms with Crippen molar-refractivity contribution in [1.29, 1.82) is 0 Å². The maximum absolute atomic E-state index is 13.4. The molecule has 4 nitrogen and oxygen atoms in total. The smallest absolute Gasteiger partial charge is 0.222 e. The molecule has 1 heterocycles. The summed E-state index contributed by atoms with van der Waals surface area (Å²) in [5, 5.41) is 4.30. The van der Waals surface area contributed by atoms with Crippen molar-refractivity contribution in [2.24, 2.45) is 5.10 Å². The number of Topliss-reactive ketones (excluding diaryl/α,β-unsaturated/α-hetero) is 2. The minimum Gasteiger partial charge on any atom is -0.291 e. The molecule has 1 aliphatic heterocycles. The van der Waals surface area contributed by atoms with Gasteiger partial charge < -0.3 is 0 Å². The number of carbonyl (C=O) groups is 2. The Morgan fingerprint density at radius 2 is 1.81 bits per heavy atom. The molecule has 0 fully saturated rings. The van der Waals surface area contributed by atoms with Crippen molar-refractivity contribution in [1.82, 2.24) is 5.43 Å². The quantitative estimate of drug-likeness (QED) is 0.471. The second-order valence-corrected chi connectivity index (χ2v) is 7.39. The lowest BCUT2D eigenvalue weighted by molar-refractivity contribution is -0.115. The number of hydrazone groups is 1. The van der Waals surface area contributed by atoms with Gasteiger partial charge in [-0.15, -0.1) is 0 Å². The first kappa shape index (κ1) is 16.9. The van der Waals surface area contributed by atoms with Gasteiger partial charge in [0, 0.05) is 15.6 Å². The summed E-state index contributed by atoms with van der Waals surface area (Å²) >= 11 is 3.40. The topological polar surface area (TPSA) is 58.5 Å². The van der Waals surface area contributed by atoms with Crippen LogP contribution in [0.4, 0.5) is 0 Å². The summed E-state index contributed by atoms with van der Waals surface area (Å²) < 4.78 is 0.922. The molecule has 2 aromatic rings. The summed E-state index contributed by atoms with van der Waals surface area (Å²) in [5.41, 5.74) is 3.85. The van der Waals surface area contributed by atoms with Crippen molar-refractivity contribution in [2.75, 3.05) is 0 Å². The molecule has 2 aliphatic rings. The minimum absolute atomic E-state index is 0.243. The van der Waals surface area contributed by atoms with Crippen LogP contribution < -0.4 is 5.43 Å². The van der Waals surface area contributed by atoms with Crippen LogP contribution in [0.1, 0.15) is 35.2 Å². The second-order valence-electron chi connectivity index (χ2n) is 6.47. The van der Waals surface area contributed by atoms with Gasteiger partial charge in [0.05, 0.1) is 0 Å². The number of hydrogen-bond acceptors (Lipinski definition) is 4. The van der Waals surface area contributed by atoms with E-state index in [1.807, 2.05) is 36.4 Å². The summed E-state index contributed by atoms with van der Waals surface area (Å²) in [6.07, 6.45) is 4.55. The number of nitrogens with one attached hydrogen (secondary N) is 1. The van der Waals surface area contributed by atoms with Gasteiger partial charge in [0.15, 0.2) is 0 Å². The zero-order valence-corrected chi connectivity index (χ0v) is 15.6. The average Bonchev–Trinajstić information content (AvgIpc) is 3.32. The molecule has 0 saturated carbocycles. The third-order valence-electron chi connectivity index (χ3n) is 4.91. The monoisotopic (exact) mass is 408 g/mol. The zero-order valence-electron chi connectivity index (χ0n) is 14.0. The van der Waals surface area contributed by atoms with E-state index >= 15 is 0 Å². The number of allylic oxidation sites excluding steroid dienone is 1. The van der Waals surface area contributed by atoms with Gasteiger partial charge in [-0.3, -0.25) is 15.0 Å². The summed E-state index contributed by atoms with van der Waals surface area (Å²) in [6.45, 7) is 0. The number of carbonyl (C=O) groups excluding carboxylic acids is 2. The fraction of sp³-hybridized carbons (Fsp3) is 0.190. The molecule has 0 radical (unpaired) electrons. The molecule has 5 heteroatoms. The molecule has 0 bridgehead atoms. The third kappa shape index (κ3) is 2.63. The molecular weight excluding hydrogens is 392 g/mol. The Morgan fingerprint density at radius 1 is 1.08 bits per heavy atom. The maximum Gasteiger partial charge on any atom is 0.222 e. The van der Waals surface area contributed by atoms with E-state index < -0.39 is 5.54 Å². The van der Waals surface area contributed by atoms with E-state index in [1.165, 1.54) is 0 Å². The van der Waals surface area contributed by atoms with E-state index in [0.717, 1.165) is 29.3 Å². The maximum atomic E-state index is 13.4. The first-order valence-electron chi connectivity index (χ1n) is 8.58. The average molecular weight is 409 g/mol. The summed E-state index contributed by atoms with van der Waals surface area (Å²) in [6, 6.07) is 16.3. The Labute approximate surface area is 160 Å². The highest BCUT2D eigenvalue weighted by molar-refractivity contribution is 9.10. The van der Waals surface area contributed by atoms with Crippen LogP contribution in [0.2, 0.25) is 0 Å². The number of rotatable bonds is 4. The lowest BCUT2D eigenvalue weighted by atomic mass is 9.77. The van der Waals surface area contributed by atoms with Crippen LogP contribution in [-0.2, 0) is 4.79 Å². The van der Waals surface area contributed by atoms with Gasteiger partial charge in [-0.2, -0.15) is 5.10 Å². The van der Waals surface area contributed by atoms with Crippen molar-refractivity contribution < 1.29 is 9.59 Å². The number of nitrogens with zero attached hydrogens (tertiary/aromatic N) is 1. The molecule has 26 heavy (non-hydrogen) atoms. The van der Waals surface area contributed by atoms with E-state index in [1.54, 1.807) is 24.3 Å². The first-order chi connectivity index (χ1) is 12.6. The summed E-state index contributed by atoms with van der Waals surface area (Å²) in [5.74, 6) is -0.520. The second kappa shape index (κ2) is 6.65. The number of halogens is 1. The number of benzene rings is 2. The van der Waals surface area contributed by atoms with Crippen LogP contribution in [0.3, 0.4) is 0 Å². The van der Waals surface area contributed by atoms with Crippen molar-refractivity contribution in [2.45, 2.75) is 24.8 Å². The van der Waals surface area contributed by atoms with Crippen LogP contribution in [0.5, 0.6) is 0 Å². The van der Waals surface area contributed by atoms with Crippen molar-refractivity contribution >= 4 is 33.2 Å². The molecule has 1 unspecified atom stereocenters. The predicted octanol–water partition coefficient (Wildman–Crippen LogP) is 4.06. The van der Waals surface area contributed by atoms with Gasteiger partial charge in [0.2, 0.25) is 17.1 Å². The van der Waals surface area contributed by atoms with Gasteiger partial charge in [0.1, 0.15) is 5.71 Å². The lowest BCUT2D eigenvalue weighted by Gasteiger charge is -2.27. The third-order valence-corrected chi connectivity index (χ3v) is 5.44. The fourth-order valence-electron chi connectivity index (χ4n) is 3.56. The van der Waals surface area contributed by atoms with Gasteiger partial charge in [0.25, 0.3) is 0 Å². The Morgan fingerprint density at radius 3 is 2.46 bits per heavy atom. The predicted molar refractivity (Wildman–Crippen MR) is 104 cm³/mol. The van der Waals surface area contributed by atoms with Crippen molar-refractivity contribution in [3.63, 3.8) is 0 Å². The molecule has 0 amide bonds. The van der Waals surface area contributed by atoms with E-state index in [0.29, 0.717) is 16.8 Å². The molecule has 2 aromatic carbocycles. The number of hydrogen-bond donors (Lipinski definition) is 1. The van der Waals surface area contributed by atoms with Crippen molar-refractivity contribution in [3.8, 4) is 0 Å². The van der Waals surface area contributed by atoms with Crippen LogP contribution in [-0.4, -0.2) is 22.8 Å². The molecule has 0 spiro atoms. The van der Waals surface area contributed by atoms with Crippen LogP contribution in [0.25, 0.3) is 0 Å². The SMILES string of the molecule is O=C1C(c2ccc(Br)cc2)=NNC1(C(=O)c1ccccc1)C1=CCCC1. The lowest BCUT2D eigenvalue weighted by Crippen LogP contribution is -2.55. The van der Waals surface area contributed by atoms with Gasteiger partial charge in [-0.25, -0.2) is 0 Å². The van der Waals surface area contributed by atoms with E-state index in [-0.39, 0.29) is 11.6 Å². The van der Waals surface area contributed by atoms with Crippen LogP contribution >= 0.6 is 15.9 Å². The molecule has 1 N–H and O–H groups in total. The fourth-order valence-corrected chi connectivity index (χ4v) is 3.82. The van der Waals surface area contributed by atoms with E-state index in [9.17, 15) is 9.59 Å². The highest BCUT2D eigenvalue weighted by atomic mass is 79.9. The first-order valence-corrected chi connectivity index (χ1v) is 9.37. The van der Waals surface area contributed by atoms with Gasteiger partial charge >= 0.3 is 0 Å². The Kier molecular flexibility index (Phi) is 4.32. The van der Waals surface area contributed by atoms with Crippen molar-refractivity contribution in [3.05, 3.63) is 81.8 Å². The van der Waals surface area contributed by atoms with Gasteiger partial charge in [-0.1, -0.05) is 64.5 Å². The largest absolute Gasteiger partial charge is 0.291 e. The molecule has 130 valence electrons.